The van der Waals surface area contributed by atoms with Crippen molar-refractivity contribution in [3.8, 4) is 17.0 Å². The molecule has 0 saturated carbocycles. The van der Waals surface area contributed by atoms with Gasteiger partial charge in [-0.25, -0.2) is 9.97 Å². The van der Waals surface area contributed by atoms with Crippen LogP contribution in [-0.4, -0.2) is 28.0 Å². The average molecular weight is 268 g/mol. The summed E-state index contributed by atoms with van der Waals surface area (Å²) in [5.41, 5.74) is 8.33. The van der Waals surface area contributed by atoms with E-state index in [0.717, 1.165) is 34.9 Å². The van der Waals surface area contributed by atoms with E-state index in [1.54, 1.807) is 13.3 Å². The van der Waals surface area contributed by atoms with E-state index >= 15 is 0 Å². The highest BCUT2D eigenvalue weighted by molar-refractivity contribution is 5.75. The molecule has 1 aromatic carbocycles. The van der Waals surface area contributed by atoms with E-state index in [9.17, 15) is 0 Å². The van der Waals surface area contributed by atoms with Crippen LogP contribution in [-0.2, 0) is 6.42 Å². The largest absolute Gasteiger partial charge is 0.497 e. The van der Waals surface area contributed by atoms with Gasteiger partial charge in [0.25, 0.3) is 0 Å². The predicted molar refractivity (Wildman–Crippen MR) is 77.7 cm³/mol. The quantitative estimate of drug-likeness (QED) is 0.785. The van der Waals surface area contributed by atoms with Gasteiger partial charge in [0.05, 0.1) is 7.11 Å². The van der Waals surface area contributed by atoms with Gasteiger partial charge >= 0.3 is 0 Å². The normalized spacial score (nSPS) is 10.9. The zero-order chi connectivity index (χ0) is 13.9. The summed E-state index contributed by atoms with van der Waals surface area (Å²) in [6.45, 7) is 0.561. The Morgan fingerprint density at radius 3 is 3.00 bits per heavy atom. The summed E-state index contributed by atoms with van der Waals surface area (Å²) >= 11 is 0. The van der Waals surface area contributed by atoms with Crippen LogP contribution >= 0.6 is 0 Å². The molecule has 20 heavy (non-hydrogen) atoms. The first-order valence-electron chi connectivity index (χ1n) is 6.50. The van der Waals surface area contributed by atoms with Gasteiger partial charge in [0.2, 0.25) is 0 Å². The van der Waals surface area contributed by atoms with Crippen LogP contribution < -0.4 is 10.5 Å². The molecule has 5 nitrogen and oxygen atoms in total. The number of benzene rings is 1. The Hall–Kier alpha value is -2.40. The number of nitrogens with two attached hydrogens (primary N) is 1. The lowest BCUT2D eigenvalue weighted by Gasteiger charge is -2.02. The van der Waals surface area contributed by atoms with Crippen LogP contribution in [0.4, 0.5) is 0 Å². The fourth-order valence-electron chi connectivity index (χ4n) is 2.26. The minimum Gasteiger partial charge on any atom is -0.497 e. The maximum atomic E-state index is 5.65. The van der Waals surface area contributed by atoms with Gasteiger partial charge in [-0.1, -0.05) is 12.1 Å². The predicted octanol–water partition coefficient (Wildman–Crippen LogP) is 1.91. The van der Waals surface area contributed by atoms with Crippen molar-refractivity contribution in [3.05, 3.63) is 48.5 Å². The number of aromatic nitrogens is 3. The van der Waals surface area contributed by atoms with E-state index in [4.69, 9.17) is 10.5 Å². The SMILES string of the molecule is COc1cccc(-c2nc(CCN)n3cccnc23)c1. The number of ether oxygens (including phenoxy) is 1. The second-order valence-corrected chi connectivity index (χ2v) is 4.46. The first-order chi connectivity index (χ1) is 9.83. The van der Waals surface area contributed by atoms with E-state index in [1.807, 2.05) is 40.9 Å². The number of methoxy groups -OCH3 is 1. The van der Waals surface area contributed by atoms with Crippen LogP contribution in [0.25, 0.3) is 16.9 Å². The molecule has 102 valence electrons. The molecule has 3 aromatic rings. The molecule has 2 N–H and O–H groups in total. The van der Waals surface area contributed by atoms with Crippen molar-refractivity contribution in [3.63, 3.8) is 0 Å². The Morgan fingerprint density at radius 1 is 1.30 bits per heavy atom. The zero-order valence-electron chi connectivity index (χ0n) is 11.3. The summed E-state index contributed by atoms with van der Waals surface area (Å²) < 4.78 is 7.26. The van der Waals surface area contributed by atoms with Crippen molar-refractivity contribution in [1.82, 2.24) is 14.4 Å². The van der Waals surface area contributed by atoms with Gasteiger partial charge in [-0.15, -0.1) is 0 Å². The van der Waals surface area contributed by atoms with Gasteiger partial charge in [-0.2, -0.15) is 0 Å². The number of hydrogen-bond acceptors (Lipinski definition) is 4. The molecule has 3 rings (SSSR count). The third-order valence-corrected chi connectivity index (χ3v) is 3.19. The van der Waals surface area contributed by atoms with Crippen LogP contribution in [0.2, 0.25) is 0 Å². The number of rotatable bonds is 4. The first kappa shape index (κ1) is 12.6. The molecular weight excluding hydrogens is 252 g/mol. The van der Waals surface area contributed by atoms with Gasteiger partial charge in [0.15, 0.2) is 5.65 Å². The topological polar surface area (TPSA) is 65.4 Å². The minimum absolute atomic E-state index is 0.561. The molecule has 0 radical (unpaired) electrons. The maximum Gasteiger partial charge on any atom is 0.164 e. The fourth-order valence-corrected chi connectivity index (χ4v) is 2.26. The summed E-state index contributed by atoms with van der Waals surface area (Å²) in [7, 11) is 1.66. The highest BCUT2D eigenvalue weighted by atomic mass is 16.5. The molecule has 0 aliphatic carbocycles. The zero-order valence-corrected chi connectivity index (χ0v) is 11.3. The molecule has 0 unspecified atom stereocenters. The molecule has 5 heteroatoms. The lowest BCUT2D eigenvalue weighted by atomic mass is 10.1. The summed E-state index contributed by atoms with van der Waals surface area (Å²) in [4.78, 5) is 9.12. The Morgan fingerprint density at radius 2 is 2.20 bits per heavy atom. The van der Waals surface area contributed by atoms with E-state index in [2.05, 4.69) is 9.97 Å². The molecule has 0 bridgehead atoms. The third kappa shape index (κ3) is 2.12. The lowest BCUT2D eigenvalue weighted by Crippen LogP contribution is -2.06. The summed E-state index contributed by atoms with van der Waals surface area (Å²) in [5, 5.41) is 0. The van der Waals surface area contributed by atoms with Crippen LogP contribution in [0, 0.1) is 0 Å². The van der Waals surface area contributed by atoms with Crippen LogP contribution in [0.5, 0.6) is 5.75 Å². The minimum atomic E-state index is 0.561. The molecule has 0 aliphatic heterocycles. The van der Waals surface area contributed by atoms with E-state index < -0.39 is 0 Å². The second-order valence-electron chi connectivity index (χ2n) is 4.46. The first-order valence-corrected chi connectivity index (χ1v) is 6.50. The number of nitrogens with zero attached hydrogens (tertiary/aromatic N) is 3. The van der Waals surface area contributed by atoms with Gasteiger partial charge in [-0.3, -0.25) is 4.40 Å². The van der Waals surface area contributed by atoms with Crippen molar-refractivity contribution >= 4 is 5.65 Å². The van der Waals surface area contributed by atoms with Crippen molar-refractivity contribution in [1.29, 1.82) is 0 Å². The highest BCUT2D eigenvalue weighted by Crippen LogP contribution is 2.26. The number of imidazole rings is 1. The molecule has 0 saturated heterocycles. The van der Waals surface area contributed by atoms with Gasteiger partial charge in [0.1, 0.15) is 17.3 Å². The number of fused-ring (bicyclic) bond motifs is 1. The molecule has 0 aliphatic rings. The van der Waals surface area contributed by atoms with Crippen LogP contribution in [0.1, 0.15) is 5.82 Å². The highest BCUT2D eigenvalue weighted by Gasteiger charge is 2.13. The molecule has 0 fully saturated rings. The summed E-state index contributed by atoms with van der Waals surface area (Å²) in [6.07, 6.45) is 4.45. The molecule has 0 spiro atoms. The standard InChI is InChI=1S/C15H16N4O/c1-20-12-5-2-4-11(10-12)14-15-17-8-3-9-19(15)13(18-14)6-7-16/h2-5,8-10H,6-7,16H2,1H3. The maximum absolute atomic E-state index is 5.65. The van der Waals surface area contributed by atoms with E-state index in [-0.39, 0.29) is 0 Å². The van der Waals surface area contributed by atoms with Crippen molar-refractivity contribution in [2.45, 2.75) is 6.42 Å². The van der Waals surface area contributed by atoms with Crippen LogP contribution in [0.15, 0.2) is 42.7 Å². The Kier molecular flexibility index (Phi) is 3.35. The van der Waals surface area contributed by atoms with Crippen LogP contribution in [0.3, 0.4) is 0 Å². The second kappa shape index (κ2) is 5.30. The Balaban J connectivity index is 2.19. The molecular formula is C15H16N4O. The van der Waals surface area contributed by atoms with Crippen molar-refractivity contribution in [2.24, 2.45) is 5.73 Å². The average Bonchev–Trinajstić information content (AvgIpc) is 2.87. The smallest absolute Gasteiger partial charge is 0.164 e. The van der Waals surface area contributed by atoms with Gasteiger partial charge in [0, 0.05) is 24.4 Å². The Bertz CT molecular complexity index is 736. The van der Waals surface area contributed by atoms with Gasteiger partial charge in [-0.05, 0) is 24.7 Å². The monoisotopic (exact) mass is 268 g/mol. The van der Waals surface area contributed by atoms with E-state index in [1.165, 1.54) is 0 Å². The van der Waals surface area contributed by atoms with Crippen molar-refractivity contribution < 1.29 is 4.74 Å². The Labute approximate surface area is 117 Å². The summed E-state index contributed by atoms with van der Waals surface area (Å²) in [5.74, 6) is 1.73. The molecule has 2 aromatic heterocycles. The van der Waals surface area contributed by atoms with Gasteiger partial charge < -0.3 is 10.5 Å². The van der Waals surface area contributed by atoms with E-state index in [0.29, 0.717) is 6.54 Å². The van der Waals surface area contributed by atoms with Crippen molar-refractivity contribution in [2.75, 3.05) is 13.7 Å². The molecule has 0 atom stereocenters. The lowest BCUT2D eigenvalue weighted by molar-refractivity contribution is 0.415. The third-order valence-electron chi connectivity index (χ3n) is 3.19. The molecule has 2 heterocycles. The fraction of sp³-hybridized carbons (Fsp3) is 0.200. The summed E-state index contributed by atoms with van der Waals surface area (Å²) in [6, 6.07) is 9.72. The number of hydrogen-bond donors (Lipinski definition) is 1. The molecule has 0 amide bonds.